The molecule has 12 amide bonds. The van der Waals surface area contributed by atoms with E-state index in [-0.39, 0.29) is 79.4 Å². The average molecular weight is 1540 g/mol. The van der Waals surface area contributed by atoms with Crippen molar-refractivity contribution in [2.45, 2.75) is 274 Å². The SMILES string of the molecule is CCCC[C@@H]1NC(=O)[C@H](CC2CCCC(I)C2)NC(=O)CN(C)C(=O)[C@H](CC2CCC(Cl)CC2)N(C)C(=O)CN(C)C(=O)CN(C)C(=O)[C@H]([C@@H](C)CC)NC(=O)[C@H](CC(C)C)N(C)C(=O)C[C@@H](C(=O)N2CCCCC2)N(C)C(=O)[C@H](CC(C)C)NC(=O)[C@H](CC2CCCCC2C)N(C)C1=O. The van der Waals surface area contributed by atoms with Gasteiger partial charge in [0.05, 0.1) is 26.1 Å². The van der Waals surface area contributed by atoms with Gasteiger partial charge in [-0.25, -0.2) is 0 Å². The number of hydrogen-bond donors (Lipinski definition) is 4. The Morgan fingerprint density at radius 3 is 1.72 bits per heavy atom. The Kier molecular flexibility index (Phi) is 35.2. The van der Waals surface area contributed by atoms with Gasteiger partial charge in [0.2, 0.25) is 70.9 Å². The second-order valence-corrected chi connectivity index (χ2v) is 33.6. The molecular weight excluding hydrogens is 1410 g/mol. The van der Waals surface area contributed by atoms with Crippen LogP contribution in [-0.2, 0) is 57.5 Å². The van der Waals surface area contributed by atoms with Crippen LogP contribution in [0.2, 0.25) is 0 Å². The molecule has 4 unspecified atom stereocenters. The number of halogens is 2. The van der Waals surface area contributed by atoms with Gasteiger partial charge in [-0.15, -0.1) is 11.6 Å². The summed E-state index contributed by atoms with van der Waals surface area (Å²) in [5.74, 6) is -7.56. The van der Waals surface area contributed by atoms with E-state index >= 15 is 28.8 Å². The zero-order chi connectivity index (χ0) is 74.4. The topological polar surface area (TPSA) is 279 Å². The lowest BCUT2D eigenvalue weighted by Crippen LogP contribution is -2.61. The quantitative estimate of drug-likeness (QED) is 0.0887. The van der Waals surface area contributed by atoms with Gasteiger partial charge in [-0.2, -0.15) is 0 Å². The number of nitrogens with zero attached hydrogens (tertiary/aromatic N) is 8. The van der Waals surface area contributed by atoms with E-state index in [4.69, 9.17) is 11.6 Å². The molecule has 5 aliphatic rings. The number of carbonyl (C=O) groups is 12. The monoisotopic (exact) mass is 1540 g/mol. The molecule has 2 aliphatic heterocycles. The van der Waals surface area contributed by atoms with E-state index in [1.54, 1.807) is 18.9 Å². The lowest BCUT2D eigenvalue weighted by Gasteiger charge is -2.39. The number of hydrogen-bond acceptors (Lipinski definition) is 12. The van der Waals surface area contributed by atoms with Crippen LogP contribution in [0, 0.1) is 41.4 Å². The first-order chi connectivity index (χ1) is 47.2. The molecular formula is C74H126ClIN12O12. The standard InChI is InChI=1S/C74H126ClIN12O12/c1-16-18-29-55-70(96)86(14)59(41-52-27-21-20-25-49(52)8)68(94)79-57(36-46(3)4)71(97)87(15)61(73(99)88-34-22-19-23-35-88)42-63(90)84(12)58(37-47(5)6)69(95)80-66(48(7)17-2)74(100)83(11)44-64(91)81(9)45-65(92)85(13)60(40-50-30-32-53(75)33-31-50)72(98)82(10)43-62(89)77-56(67(93)78-55)39-51-26-24-28-54(76)38-51/h46-61,66H,16-45H2,1-15H3,(H,77,89)(H,78,93)(H,79,94)(H,80,95)/t48-,49?,50?,51?,52?,53?,54?,55-,56-,57-,58-,59-,60-,61-,66-/m0/s1. The molecule has 4 N–H and O–H groups in total. The summed E-state index contributed by atoms with van der Waals surface area (Å²) in [5.41, 5.74) is 0. The van der Waals surface area contributed by atoms with Gasteiger partial charge in [0.25, 0.3) is 0 Å². The molecule has 5 rings (SSSR count). The maximum absolute atomic E-state index is 15.5. The van der Waals surface area contributed by atoms with Crippen LogP contribution in [0.25, 0.3) is 0 Å². The van der Waals surface area contributed by atoms with Crippen molar-refractivity contribution < 1.29 is 57.5 Å². The molecule has 2 heterocycles. The first-order valence-corrected chi connectivity index (χ1v) is 39.4. The van der Waals surface area contributed by atoms with Crippen LogP contribution in [0.4, 0.5) is 0 Å². The number of nitrogens with one attached hydrogen (secondary N) is 4. The highest BCUT2D eigenvalue weighted by Gasteiger charge is 2.44. The predicted octanol–water partition coefficient (Wildman–Crippen LogP) is 7.14. The third-order valence-electron chi connectivity index (χ3n) is 22.2. The number of amides is 12. The van der Waals surface area contributed by atoms with Crippen LogP contribution in [0.5, 0.6) is 0 Å². The molecule has 100 heavy (non-hydrogen) atoms. The molecule has 2 saturated heterocycles. The Hall–Kier alpha value is -5.34. The van der Waals surface area contributed by atoms with Crippen molar-refractivity contribution >= 4 is 105 Å². The van der Waals surface area contributed by atoms with Gasteiger partial charge < -0.3 is 60.5 Å². The molecule has 3 saturated carbocycles. The number of piperidine rings is 1. The molecule has 0 spiro atoms. The van der Waals surface area contributed by atoms with Crippen molar-refractivity contribution in [2.24, 2.45) is 41.4 Å². The summed E-state index contributed by atoms with van der Waals surface area (Å²) in [5, 5.41) is 12.0. The van der Waals surface area contributed by atoms with Crippen LogP contribution in [0.3, 0.4) is 0 Å². The molecule has 26 heteroatoms. The number of likely N-dealkylation sites (N-methyl/N-ethyl adjacent to an activating group) is 7. The van der Waals surface area contributed by atoms with E-state index in [2.05, 4.69) is 50.8 Å². The molecule has 13 atom stereocenters. The van der Waals surface area contributed by atoms with Crippen LogP contribution in [-0.4, -0.2) is 250 Å². The predicted molar refractivity (Wildman–Crippen MR) is 396 cm³/mol. The van der Waals surface area contributed by atoms with Gasteiger partial charge >= 0.3 is 0 Å². The summed E-state index contributed by atoms with van der Waals surface area (Å²) in [6.45, 7) is 14.7. The molecule has 568 valence electrons. The first kappa shape index (κ1) is 85.3. The Morgan fingerprint density at radius 2 is 1.11 bits per heavy atom. The highest BCUT2D eigenvalue weighted by atomic mass is 127. The molecule has 3 aliphatic carbocycles. The highest BCUT2D eigenvalue weighted by molar-refractivity contribution is 14.1. The lowest BCUT2D eigenvalue weighted by molar-refractivity contribution is -0.151. The van der Waals surface area contributed by atoms with Gasteiger partial charge in [-0.05, 0) is 138 Å². The van der Waals surface area contributed by atoms with Crippen molar-refractivity contribution in [3.05, 3.63) is 0 Å². The maximum Gasteiger partial charge on any atom is 0.245 e. The summed E-state index contributed by atoms with van der Waals surface area (Å²) in [6, 6.07) is -9.42. The first-order valence-electron chi connectivity index (χ1n) is 37.7. The second kappa shape index (κ2) is 41.2. The minimum atomic E-state index is -1.38. The number of unbranched alkanes of at least 4 members (excludes halogenated alkanes) is 1. The summed E-state index contributed by atoms with van der Waals surface area (Å²) in [4.78, 5) is 190. The van der Waals surface area contributed by atoms with Crippen LogP contribution < -0.4 is 21.3 Å². The normalized spacial score (nSPS) is 30.7. The largest absolute Gasteiger partial charge is 0.343 e. The summed E-state index contributed by atoms with van der Waals surface area (Å²) in [6.07, 6.45) is 14.7. The third kappa shape index (κ3) is 25.2. The van der Waals surface area contributed by atoms with E-state index < -0.39 is 151 Å². The molecule has 0 aromatic heterocycles. The number of rotatable bonds is 16. The highest BCUT2D eigenvalue weighted by Crippen LogP contribution is 2.36. The van der Waals surface area contributed by atoms with Crippen molar-refractivity contribution in [3.63, 3.8) is 0 Å². The van der Waals surface area contributed by atoms with E-state index in [1.807, 2.05) is 41.5 Å². The van der Waals surface area contributed by atoms with Gasteiger partial charge in [-0.3, -0.25) is 57.5 Å². The van der Waals surface area contributed by atoms with Crippen molar-refractivity contribution in [1.82, 2.24) is 60.5 Å². The summed E-state index contributed by atoms with van der Waals surface area (Å²) < 4.78 is 0.344. The fourth-order valence-corrected chi connectivity index (χ4v) is 16.7. The Balaban J connectivity index is 1.64. The number of alkyl halides is 2. The number of carbonyl (C=O) groups excluding carboxylic acids is 12. The second-order valence-electron chi connectivity index (χ2n) is 31.2. The summed E-state index contributed by atoms with van der Waals surface area (Å²) in [7, 11) is 10.3. The van der Waals surface area contributed by atoms with Gasteiger partial charge in [-0.1, -0.05) is 136 Å². The zero-order valence-electron chi connectivity index (χ0n) is 63.3. The third-order valence-corrected chi connectivity index (χ3v) is 23.8. The molecule has 0 bridgehead atoms. The Bertz CT molecular complexity index is 2770. The van der Waals surface area contributed by atoms with Gasteiger partial charge in [0, 0.05) is 71.7 Å². The average Bonchev–Trinajstić information content (AvgIpc) is 0.822. The fraction of sp³-hybridized carbons (Fsp3) is 0.838. The molecule has 5 fully saturated rings. The zero-order valence-corrected chi connectivity index (χ0v) is 66.2. The van der Waals surface area contributed by atoms with Crippen LogP contribution in [0.1, 0.15) is 216 Å². The van der Waals surface area contributed by atoms with Crippen molar-refractivity contribution in [1.29, 1.82) is 0 Å². The van der Waals surface area contributed by atoms with Crippen LogP contribution >= 0.6 is 34.2 Å². The van der Waals surface area contributed by atoms with E-state index in [0.717, 1.165) is 57.8 Å². The Morgan fingerprint density at radius 1 is 0.520 bits per heavy atom. The smallest absolute Gasteiger partial charge is 0.245 e. The molecule has 0 aromatic rings. The molecule has 0 radical (unpaired) electrons. The minimum Gasteiger partial charge on any atom is -0.343 e. The number of likely N-dealkylation sites (tertiary alicyclic amines) is 1. The molecule has 0 aromatic carbocycles. The lowest BCUT2D eigenvalue weighted by atomic mass is 9.77. The minimum absolute atomic E-state index is 0.000301. The Labute approximate surface area is 616 Å². The van der Waals surface area contributed by atoms with E-state index in [0.29, 0.717) is 74.8 Å². The van der Waals surface area contributed by atoms with Crippen LogP contribution in [0.15, 0.2) is 0 Å². The summed E-state index contributed by atoms with van der Waals surface area (Å²) >= 11 is 8.97. The van der Waals surface area contributed by atoms with E-state index in [1.165, 1.54) is 76.6 Å². The van der Waals surface area contributed by atoms with Crippen molar-refractivity contribution in [2.75, 3.05) is 82.1 Å². The molecule has 24 nitrogen and oxygen atoms in total. The van der Waals surface area contributed by atoms with E-state index in [9.17, 15) is 28.8 Å². The fourth-order valence-electron chi connectivity index (χ4n) is 15.3. The van der Waals surface area contributed by atoms with Gasteiger partial charge in [0.1, 0.15) is 48.3 Å². The van der Waals surface area contributed by atoms with Gasteiger partial charge in [0.15, 0.2) is 0 Å². The maximum atomic E-state index is 15.5. The van der Waals surface area contributed by atoms with Crippen molar-refractivity contribution in [3.8, 4) is 0 Å².